The van der Waals surface area contributed by atoms with Crippen molar-refractivity contribution in [2.45, 2.75) is 31.7 Å². The summed E-state index contributed by atoms with van der Waals surface area (Å²) in [5, 5.41) is 2.95. The molecule has 0 bridgehead atoms. The van der Waals surface area contributed by atoms with Crippen molar-refractivity contribution in [1.29, 1.82) is 0 Å². The molecule has 0 spiro atoms. The Hall–Kier alpha value is -2.37. The number of hydrogen-bond donors (Lipinski definition) is 1. The fraction of sp³-hybridized carbons (Fsp3) is 0.471. The molecule has 3 heterocycles. The average Bonchev–Trinajstić information content (AvgIpc) is 3.18. The van der Waals surface area contributed by atoms with Crippen LogP contribution in [0.3, 0.4) is 0 Å². The molecule has 1 unspecified atom stereocenters. The molecule has 2 amide bonds. The zero-order valence-corrected chi connectivity index (χ0v) is 12.9. The Bertz CT molecular complexity index is 717. The smallest absolute Gasteiger partial charge is 0.225 e. The minimum atomic E-state index is -0.191. The van der Waals surface area contributed by atoms with Gasteiger partial charge in [0.25, 0.3) is 0 Å². The van der Waals surface area contributed by atoms with Crippen LogP contribution in [0.1, 0.15) is 25.0 Å². The van der Waals surface area contributed by atoms with Gasteiger partial charge in [-0.15, -0.1) is 0 Å². The molecule has 23 heavy (non-hydrogen) atoms. The minimum Gasteiger partial charge on any atom is -0.355 e. The van der Waals surface area contributed by atoms with Crippen LogP contribution in [-0.2, 0) is 16.0 Å². The number of carbonyl (C=O) groups is 2. The van der Waals surface area contributed by atoms with Crippen LogP contribution in [0.5, 0.6) is 0 Å². The topological polar surface area (TPSA) is 66.7 Å². The monoisotopic (exact) mass is 312 g/mol. The number of likely N-dealkylation sites (tertiary alicyclic amines) is 1. The van der Waals surface area contributed by atoms with Crippen molar-refractivity contribution in [2.75, 3.05) is 13.1 Å². The van der Waals surface area contributed by atoms with E-state index in [9.17, 15) is 9.59 Å². The first-order valence-electron chi connectivity index (χ1n) is 8.20. The van der Waals surface area contributed by atoms with Crippen LogP contribution >= 0.6 is 0 Å². The van der Waals surface area contributed by atoms with Crippen molar-refractivity contribution < 1.29 is 9.59 Å². The van der Waals surface area contributed by atoms with Crippen LogP contribution in [-0.4, -0.2) is 45.2 Å². The molecule has 2 aromatic heterocycles. The predicted octanol–water partition coefficient (Wildman–Crippen LogP) is 1.00. The third-order valence-electron chi connectivity index (χ3n) is 4.61. The van der Waals surface area contributed by atoms with E-state index in [0.29, 0.717) is 32.0 Å². The predicted molar refractivity (Wildman–Crippen MR) is 84.7 cm³/mol. The fourth-order valence-electron chi connectivity index (χ4n) is 3.21. The van der Waals surface area contributed by atoms with E-state index in [1.165, 1.54) is 0 Å². The number of fused-ring (bicyclic) bond motifs is 1. The molecule has 6 heteroatoms. The zero-order valence-electron chi connectivity index (χ0n) is 12.9. The Morgan fingerprint density at radius 3 is 3.00 bits per heavy atom. The minimum absolute atomic E-state index is 0.00901. The Balaban J connectivity index is 1.29. The average molecular weight is 312 g/mol. The highest BCUT2D eigenvalue weighted by molar-refractivity contribution is 5.89. The molecule has 2 fully saturated rings. The summed E-state index contributed by atoms with van der Waals surface area (Å²) >= 11 is 0. The molecule has 120 valence electrons. The summed E-state index contributed by atoms with van der Waals surface area (Å²) in [5.41, 5.74) is 1.87. The molecule has 1 aliphatic heterocycles. The van der Waals surface area contributed by atoms with Gasteiger partial charge >= 0.3 is 0 Å². The highest BCUT2D eigenvalue weighted by Gasteiger charge is 2.41. The van der Waals surface area contributed by atoms with Crippen molar-refractivity contribution in [2.24, 2.45) is 5.92 Å². The van der Waals surface area contributed by atoms with Gasteiger partial charge in [0.1, 0.15) is 5.65 Å². The van der Waals surface area contributed by atoms with E-state index in [-0.39, 0.29) is 17.7 Å². The van der Waals surface area contributed by atoms with Crippen LogP contribution < -0.4 is 5.32 Å². The molecule has 0 radical (unpaired) electrons. The number of nitrogens with zero attached hydrogens (tertiary/aromatic N) is 3. The summed E-state index contributed by atoms with van der Waals surface area (Å²) in [7, 11) is 0. The largest absolute Gasteiger partial charge is 0.355 e. The number of carbonyl (C=O) groups excluding carboxylic acids is 2. The molecule has 1 saturated carbocycles. The Kier molecular flexibility index (Phi) is 3.52. The number of nitrogens with one attached hydrogen (secondary N) is 1. The molecule has 2 aliphatic rings. The van der Waals surface area contributed by atoms with Crippen LogP contribution in [0.25, 0.3) is 5.65 Å². The fourth-order valence-corrected chi connectivity index (χ4v) is 3.21. The molecular weight excluding hydrogens is 292 g/mol. The third kappa shape index (κ3) is 2.93. The van der Waals surface area contributed by atoms with Crippen molar-refractivity contribution in [1.82, 2.24) is 19.6 Å². The molecule has 1 atom stereocenters. The summed E-state index contributed by atoms with van der Waals surface area (Å²) < 4.78 is 1.97. The lowest BCUT2D eigenvalue weighted by Gasteiger charge is -2.15. The second-order valence-electron chi connectivity index (χ2n) is 6.42. The van der Waals surface area contributed by atoms with E-state index in [2.05, 4.69) is 10.3 Å². The summed E-state index contributed by atoms with van der Waals surface area (Å²) in [6, 6.07) is 6.27. The first kappa shape index (κ1) is 14.2. The van der Waals surface area contributed by atoms with Gasteiger partial charge in [-0.05, 0) is 25.0 Å². The maximum absolute atomic E-state index is 12.2. The standard InChI is InChI=1S/C17H20N4O2/c22-16-9-12(10-21(16)14-4-5-14)17(23)18-7-6-13-11-20-8-2-1-3-15(20)19-13/h1-3,8,11-12,14H,4-7,9-10H2,(H,18,23). The van der Waals surface area contributed by atoms with Gasteiger partial charge in [-0.25, -0.2) is 4.98 Å². The number of rotatable bonds is 5. The lowest BCUT2D eigenvalue weighted by atomic mass is 10.1. The first-order chi connectivity index (χ1) is 11.2. The molecule has 1 saturated heterocycles. The van der Waals surface area contributed by atoms with E-state index < -0.39 is 0 Å². The van der Waals surface area contributed by atoms with Crippen molar-refractivity contribution >= 4 is 17.5 Å². The Labute approximate surface area is 134 Å². The maximum atomic E-state index is 12.2. The number of imidazole rings is 1. The summed E-state index contributed by atoms with van der Waals surface area (Å²) in [4.78, 5) is 30.5. The first-order valence-corrected chi connectivity index (χ1v) is 8.20. The van der Waals surface area contributed by atoms with E-state index in [4.69, 9.17) is 0 Å². The molecule has 1 N–H and O–H groups in total. The summed E-state index contributed by atoms with van der Waals surface area (Å²) in [5.74, 6) is -0.0672. The van der Waals surface area contributed by atoms with Gasteiger partial charge < -0.3 is 14.6 Å². The summed E-state index contributed by atoms with van der Waals surface area (Å²) in [6.45, 7) is 1.14. The SMILES string of the molecule is O=C(NCCc1cn2ccccc2n1)C1CC(=O)N(C2CC2)C1. The highest BCUT2D eigenvalue weighted by atomic mass is 16.2. The molecule has 0 aromatic carbocycles. The van der Waals surface area contributed by atoms with Crippen LogP contribution in [0.2, 0.25) is 0 Å². The van der Waals surface area contributed by atoms with Gasteiger partial charge in [-0.1, -0.05) is 6.07 Å². The summed E-state index contributed by atoms with van der Waals surface area (Å²) in [6.07, 6.45) is 7.18. The quantitative estimate of drug-likeness (QED) is 0.896. The lowest BCUT2D eigenvalue weighted by molar-refractivity contribution is -0.129. The number of aromatic nitrogens is 2. The van der Waals surface area contributed by atoms with Gasteiger partial charge in [0.05, 0.1) is 11.6 Å². The normalized spacial score (nSPS) is 21.1. The Morgan fingerprint density at radius 2 is 2.22 bits per heavy atom. The van der Waals surface area contributed by atoms with E-state index in [0.717, 1.165) is 24.2 Å². The van der Waals surface area contributed by atoms with E-state index in [1.807, 2.05) is 39.9 Å². The Morgan fingerprint density at radius 1 is 1.35 bits per heavy atom. The maximum Gasteiger partial charge on any atom is 0.225 e. The van der Waals surface area contributed by atoms with Gasteiger partial charge in [0, 0.05) is 44.4 Å². The van der Waals surface area contributed by atoms with Crippen LogP contribution in [0, 0.1) is 5.92 Å². The second kappa shape index (κ2) is 5.68. The third-order valence-corrected chi connectivity index (χ3v) is 4.61. The van der Waals surface area contributed by atoms with Crippen molar-refractivity contribution in [3.05, 3.63) is 36.3 Å². The van der Waals surface area contributed by atoms with Crippen molar-refractivity contribution in [3.63, 3.8) is 0 Å². The van der Waals surface area contributed by atoms with Gasteiger partial charge in [-0.2, -0.15) is 0 Å². The zero-order chi connectivity index (χ0) is 15.8. The van der Waals surface area contributed by atoms with Crippen LogP contribution in [0.4, 0.5) is 0 Å². The number of pyridine rings is 1. The second-order valence-corrected chi connectivity index (χ2v) is 6.42. The van der Waals surface area contributed by atoms with E-state index in [1.54, 1.807) is 0 Å². The van der Waals surface area contributed by atoms with E-state index >= 15 is 0 Å². The molecule has 6 nitrogen and oxygen atoms in total. The van der Waals surface area contributed by atoms with Crippen molar-refractivity contribution in [3.8, 4) is 0 Å². The molecule has 4 rings (SSSR count). The van der Waals surface area contributed by atoms with Gasteiger partial charge in [0.2, 0.25) is 11.8 Å². The van der Waals surface area contributed by atoms with Gasteiger partial charge in [-0.3, -0.25) is 9.59 Å². The van der Waals surface area contributed by atoms with Gasteiger partial charge in [0.15, 0.2) is 0 Å². The highest BCUT2D eigenvalue weighted by Crippen LogP contribution is 2.32. The molecular formula is C17H20N4O2. The number of amides is 2. The van der Waals surface area contributed by atoms with Crippen LogP contribution in [0.15, 0.2) is 30.6 Å². The number of hydrogen-bond acceptors (Lipinski definition) is 3. The lowest BCUT2D eigenvalue weighted by Crippen LogP contribution is -2.34. The molecule has 1 aliphatic carbocycles. The molecule has 2 aromatic rings.